The number of halogens is 1. The number of H-pyrrole nitrogens is 1. The standard InChI is InChI=1S/C13H12FN5O/c1-2-20-9-5-10(14)19-12-11(9)7(6-17-12)8-3-4-16-13(15)18-8/h3-6H,2H2,1H3,(H,17,19)(H2,15,16,18). The van der Waals surface area contributed by atoms with Crippen LogP contribution < -0.4 is 10.5 Å². The van der Waals surface area contributed by atoms with Gasteiger partial charge in [0.15, 0.2) is 0 Å². The van der Waals surface area contributed by atoms with Crippen molar-refractivity contribution in [3.8, 4) is 17.0 Å². The van der Waals surface area contributed by atoms with Gasteiger partial charge in [-0.15, -0.1) is 0 Å². The Hall–Kier alpha value is -2.70. The number of hydrogen-bond donors (Lipinski definition) is 2. The second kappa shape index (κ2) is 4.76. The molecule has 20 heavy (non-hydrogen) atoms. The van der Waals surface area contributed by atoms with E-state index in [0.29, 0.717) is 29.1 Å². The van der Waals surface area contributed by atoms with Crippen LogP contribution in [-0.4, -0.2) is 26.5 Å². The molecule has 3 aromatic heterocycles. The summed E-state index contributed by atoms with van der Waals surface area (Å²) in [5.74, 6) is -0.00938. The highest BCUT2D eigenvalue weighted by molar-refractivity contribution is 5.97. The van der Waals surface area contributed by atoms with E-state index in [1.165, 1.54) is 6.07 Å². The fraction of sp³-hybridized carbons (Fsp3) is 0.154. The van der Waals surface area contributed by atoms with Crippen molar-refractivity contribution in [2.75, 3.05) is 12.3 Å². The highest BCUT2D eigenvalue weighted by Gasteiger charge is 2.15. The summed E-state index contributed by atoms with van der Waals surface area (Å²) in [5.41, 5.74) is 7.36. The van der Waals surface area contributed by atoms with Gasteiger partial charge in [0.2, 0.25) is 11.9 Å². The summed E-state index contributed by atoms with van der Waals surface area (Å²) in [7, 11) is 0. The average molecular weight is 273 g/mol. The first kappa shape index (κ1) is 12.3. The lowest BCUT2D eigenvalue weighted by atomic mass is 10.1. The summed E-state index contributed by atoms with van der Waals surface area (Å²) in [6.07, 6.45) is 3.26. The van der Waals surface area contributed by atoms with Gasteiger partial charge < -0.3 is 15.5 Å². The van der Waals surface area contributed by atoms with Crippen molar-refractivity contribution < 1.29 is 9.13 Å². The van der Waals surface area contributed by atoms with Crippen LogP contribution in [0.2, 0.25) is 0 Å². The molecule has 3 N–H and O–H groups in total. The SMILES string of the molecule is CCOc1cc(F)nc2[nH]cc(-c3ccnc(N)n3)c12. The molecule has 0 bridgehead atoms. The maximum Gasteiger partial charge on any atom is 0.220 e. The quantitative estimate of drug-likeness (QED) is 0.713. The van der Waals surface area contributed by atoms with Gasteiger partial charge in [-0.25, -0.2) is 15.0 Å². The van der Waals surface area contributed by atoms with Crippen molar-refractivity contribution in [1.82, 2.24) is 19.9 Å². The van der Waals surface area contributed by atoms with Crippen LogP contribution in [0.15, 0.2) is 24.5 Å². The van der Waals surface area contributed by atoms with E-state index in [9.17, 15) is 4.39 Å². The number of rotatable bonds is 3. The number of nitrogens with two attached hydrogens (primary N) is 1. The Morgan fingerprint density at radius 3 is 3.00 bits per heavy atom. The molecule has 7 heteroatoms. The summed E-state index contributed by atoms with van der Waals surface area (Å²) < 4.78 is 18.9. The zero-order valence-electron chi connectivity index (χ0n) is 10.7. The molecule has 0 aliphatic heterocycles. The second-order valence-corrected chi connectivity index (χ2v) is 4.10. The van der Waals surface area contributed by atoms with E-state index in [1.807, 2.05) is 6.92 Å². The van der Waals surface area contributed by atoms with Crippen LogP contribution in [0.4, 0.5) is 10.3 Å². The summed E-state index contributed by atoms with van der Waals surface area (Å²) >= 11 is 0. The Balaban J connectivity index is 2.26. The van der Waals surface area contributed by atoms with E-state index >= 15 is 0 Å². The molecule has 0 aliphatic carbocycles. The molecule has 0 aliphatic rings. The van der Waals surface area contributed by atoms with Crippen LogP contribution in [0.1, 0.15) is 6.92 Å². The molecule has 0 saturated heterocycles. The lowest BCUT2D eigenvalue weighted by Gasteiger charge is -2.06. The van der Waals surface area contributed by atoms with Crippen molar-refractivity contribution in [3.05, 3.63) is 30.5 Å². The van der Waals surface area contributed by atoms with E-state index in [2.05, 4.69) is 19.9 Å². The van der Waals surface area contributed by atoms with Crippen molar-refractivity contribution in [1.29, 1.82) is 0 Å². The monoisotopic (exact) mass is 273 g/mol. The number of anilines is 1. The molecule has 102 valence electrons. The molecule has 0 saturated carbocycles. The van der Waals surface area contributed by atoms with Gasteiger partial charge in [0.05, 0.1) is 17.7 Å². The minimum atomic E-state index is -0.600. The highest BCUT2D eigenvalue weighted by Crippen LogP contribution is 2.34. The fourth-order valence-corrected chi connectivity index (χ4v) is 2.06. The smallest absolute Gasteiger partial charge is 0.220 e. The predicted octanol–water partition coefficient (Wildman–Crippen LogP) is 2.14. The molecule has 0 unspecified atom stereocenters. The minimum Gasteiger partial charge on any atom is -0.493 e. The third-order valence-corrected chi connectivity index (χ3v) is 2.82. The summed E-state index contributed by atoms with van der Waals surface area (Å²) in [6.45, 7) is 2.26. The van der Waals surface area contributed by atoms with Crippen LogP contribution in [0.25, 0.3) is 22.3 Å². The first-order valence-corrected chi connectivity index (χ1v) is 6.08. The van der Waals surface area contributed by atoms with Gasteiger partial charge in [-0.3, -0.25) is 0 Å². The van der Waals surface area contributed by atoms with Crippen LogP contribution >= 0.6 is 0 Å². The first-order chi connectivity index (χ1) is 9.69. The molecule has 3 aromatic rings. The second-order valence-electron chi connectivity index (χ2n) is 4.10. The number of nitrogens with zero attached hydrogens (tertiary/aromatic N) is 3. The summed E-state index contributed by atoms with van der Waals surface area (Å²) in [5, 5.41) is 0.673. The fourth-order valence-electron chi connectivity index (χ4n) is 2.06. The number of pyridine rings is 1. The lowest BCUT2D eigenvalue weighted by Crippen LogP contribution is -1.97. The highest BCUT2D eigenvalue weighted by atomic mass is 19.1. The first-order valence-electron chi connectivity index (χ1n) is 6.08. The Bertz CT molecular complexity index is 771. The number of aromatic amines is 1. The van der Waals surface area contributed by atoms with Gasteiger partial charge >= 0.3 is 0 Å². The van der Waals surface area contributed by atoms with Crippen LogP contribution in [0.3, 0.4) is 0 Å². The number of ether oxygens (including phenoxy) is 1. The van der Waals surface area contributed by atoms with Gasteiger partial charge in [0.1, 0.15) is 11.4 Å². The molecule has 0 radical (unpaired) electrons. The average Bonchev–Trinajstić information content (AvgIpc) is 2.82. The van der Waals surface area contributed by atoms with Crippen LogP contribution in [0, 0.1) is 5.95 Å². The van der Waals surface area contributed by atoms with Gasteiger partial charge in [-0.1, -0.05) is 0 Å². The zero-order chi connectivity index (χ0) is 14.1. The summed E-state index contributed by atoms with van der Waals surface area (Å²) in [6, 6.07) is 2.98. The Morgan fingerprint density at radius 2 is 2.25 bits per heavy atom. The van der Waals surface area contributed by atoms with Crippen LogP contribution in [0.5, 0.6) is 5.75 Å². The number of fused-ring (bicyclic) bond motifs is 1. The maximum atomic E-state index is 13.4. The van der Waals surface area contributed by atoms with E-state index in [1.54, 1.807) is 18.5 Å². The van der Waals surface area contributed by atoms with Gasteiger partial charge in [-0.2, -0.15) is 4.39 Å². The van der Waals surface area contributed by atoms with E-state index < -0.39 is 5.95 Å². The zero-order valence-corrected chi connectivity index (χ0v) is 10.7. The third kappa shape index (κ3) is 2.03. The molecule has 0 atom stereocenters. The van der Waals surface area contributed by atoms with E-state index in [0.717, 1.165) is 5.56 Å². The van der Waals surface area contributed by atoms with Gasteiger partial charge in [0.25, 0.3) is 0 Å². The molecule has 0 spiro atoms. The Kier molecular flexibility index (Phi) is 2.94. The lowest BCUT2D eigenvalue weighted by molar-refractivity contribution is 0.342. The topological polar surface area (TPSA) is 89.7 Å². The normalized spacial score (nSPS) is 10.9. The van der Waals surface area contributed by atoms with E-state index in [-0.39, 0.29) is 5.95 Å². The molecular weight excluding hydrogens is 261 g/mol. The van der Waals surface area contributed by atoms with Gasteiger partial charge in [0, 0.05) is 24.0 Å². The van der Waals surface area contributed by atoms with Crippen molar-refractivity contribution in [2.24, 2.45) is 0 Å². The van der Waals surface area contributed by atoms with Gasteiger partial charge in [-0.05, 0) is 13.0 Å². The molecule has 6 nitrogen and oxygen atoms in total. The minimum absolute atomic E-state index is 0.171. The van der Waals surface area contributed by atoms with Crippen LogP contribution in [-0.2, 0) is 0 Å². The molecule has 3 heterocycles. The number of aromatic nitrogens is 4. The van der Waals surface area contributed by atoms with E-state index in [4.69, 9.17) is 10.5 Å². The number of nitrogen functional groups attached to an aromatic ring is 1. The molecular formula is C13H12FN5O. The number of nitrogens with one attached hydrogen (secondary N) is 1. The largest absolute Gasteiger partial charge is 0.493 e. The molecule has 0 fully saturated rings. The maximum absolute atomic E-state index is 13.4. The van der Waals surface area contributed by atoms with Crippen molar-refractivity contribution in [3.63, 3.8) is 0 Å². The summed E-state index contributed by atoms with van der Waals surface area (Å²) in [4.78, 5) is 14.7. The van der Waals surface area contributed by atoms with Crippen molar-refractivity contribution >= 4 is 17.0 Å². The number of hydrogen-bond acceptors (Lipinski definition) is 5. The third-order valence-electron chi connectivity index (χ3n) is 2.82. The molecule has 3 rings (SSSR count). The Labute approximate surface area is 113 Å². The Morgan fingerprint density at radius 1 is 1.40 bits per heavy atom. The molecule has 0 amide bonds. The van der Waals surface area contributed by atoms with Crippen molar-refractivity contribution in [2.45, 2.75) is 6.92 Å². The predicted molar refractivity (Wildman–Crippen MR) is 72.7 cm³/mol. The molecule has 0 aromatic carbocycles.